The zero-order chi connectivity index (χ0) is 16.9. The van der Waals surface area contributed by atoms with Crippen molar-refractivity contribution < 1.29 is 4.79 Å². The van der Waals surface area contributed by atoms with Crippen LogP contribution >= 0.6 is 23.1 Å². The van der Waals surface area contributed by atoms with Crippen LogP contribution in [0.5, 0.6) is 0 Å². The van der Waals surface area contributed by atoms with Crippen LogP contribution in [0.15, 0.2) is 21.4 Å². The van der Waals surface area contributed by atoms with Gasteiger partial charge in [0.15, 0.2) is 5.16 Å². The average Bonchev–Trinajstić information content (AvgIpc) is 3.00. The normalized spacial score (nSPS) is 16.7. The summed E-state index contributed by atoms with van der Waals surface area (Å²) in [6.07, 6.45) is 8.41. The van der Waals surface area contributed by atoms with Gasteiger partial charge in [0.2, 0.25) is 5.91 Å². The van der Waals surface area contributed by atoms with Crippen LogP contribution in [0.1, 0.15) is 44.9 Å². The van der Waals surface area contributed by atoms with E-state index in [1.54, 1.807) is 7.05 Å². The summed E-state index contributed by atoms with van der Waals surface area (Å²) in [5, 5.41) is 5.62. The molecule has 0 spiro atoms. The lowest BCUT2D eigenvalue weighted by molar-refractivity contribution is -0.119. The molecule has 2 aromatic heterocycles. The molecule has 1 aliphatic carbocycles. The van der Waals surface area contributed by atoms with Gasteiger partial charge in [-0.15, -0.1) is 11.3 Å². The van der Waals surface area contributed by atoms with Crippen LogP contribution in [0.25, 0.3) is 10.2 Å². The molecule has 0 bridgehead atoms. The molecule has 1 fully saturated rings. The summed E-state index contributed by atoms with van der Waals surface area (Å²) in [6, 6.07) is 2.15. The summed E-state index contributed by atoms with van der Waals surface area (Å²) < 4.78 is 2.20. The minimum Gasteiger partial charge on any atom is -0.353 e. The molecule has 24 heavy (non-hydrogen) atoms. The van der Waals surface area contributed by atoms with Crippen molar-refractivity contribution in [2.75, 3.05) is 5.75 Å². The Bertz CT molecular complexity index is 761. The van der Waals surface area contributed by atoms with Crippen molar-refractivity contribution in [1.82, 2.24) is 14.9 Å². The Morgan fingerprint density at radius 1 is 1.33 bits per heavy atom. The quantitative estimate of drug-likeness (QED) is 0.667. The van der Waals surface area contributed by atoms with Crippen LogP contribution in [0.4, 0.5) is 0 Å². The maximum absolute atomic E-state index is 12.3. The van der Waals surface area contributed by atoms with Gasteiger partial charge in [0.25, 0.3) is 5.56 Å². The number of carbonyl (C=O) groups is 1. The molecule has 1 aliphatic rings. The molecule has 1 saturated carbocycles. The van der Waals surface area contributed by atoms with Crippen molar-refractivity contribution in [3.8, 4) is 0 Å². The van der Waals surface area contributed by atoms with E-state index in [-0.39, 0.29) is 11.5 Å². The fraction of sp³-hybridized carbons (Fsp3) is 0.588. The number of nitrogens with one attached hydrogen (secondary N) is 1. The second-order valence-electron chi connectivity index (χ2n) is 6.29. The molecule has 2 heterocycles. The SMILES string of the molecule is Cn1c(SCC(=O)NC2CCCCCCC2)nc2ccsc2c1=O. The number of aromatic nitrogens is 2. The maximum atomic E-state index is 12.3. The monoisotopic (exact) mass is 365 g/mol. The second-order valence-corrected chi connectivity index (χ2v) is 8.15. The number of thiophene rings is 1. The third-order valence-corrected chi connectivity index (χ3v) is 6.37. The Morgan fingerprint density at radius 3 is 2.79 bits per heavy atom. The Balaban J connectivity index is 1.59. The molecule has 0 unspecified atom stereocenters. The molecule has 2 aromatic rings. The third-order valence-electron chi connectivity index (χ3n) is 4.45. The van der Waals surface area contributed by atoms with Crippen LogP contribution in [0, 0.1) is 0 Å². The summed E-state index contributed by atoms with van der Waals surface area (Å²) >= 11 is 2.73. The highest BCUT2D eigenvalue weighted by molar-refractivity contribution is 7.99. The molecular formula is C17H23N3O2S2. The number of rotatable bonds is 4. The molecule has 7 heteroatoms. The molecule has 0 radical (unpaired) electrons. The van der Waals surface area contributed by atoms with Crippen molar-refractivity contribution in [1.29, 1.82) is 0 Å². The van der Waals surface area contributed by atoms with Gasteiger partial charge in [0.05, 0.1) is 11.3 Å². The number of thioether (sulfide) groups is 1. The Labute approximate surface area is 149 Å². The molecule has 1 N–H and O–H groups in total. The van der Waals surface area contributed by atoms with Crippen LogP contribution in [-0.2, 0) is 11.8 Å². The predicted molar refractivity (Wildman–Crippen MR) is 99.8 cm³/mol. The largest absolute Gasteiger partial charge is 0.353 e. The first kappa shape index (κ1) is 17.5. The molecule has 0 saturated heterocycles. The molecule has 0 aromatic carbocycles. The van der Waals surface area contributed by atoms with Crippen LogP contribution < -0.4 is 10.9 Å². The minimum atomic E-state index is -0.0436. The van der Waals surface area contributed by atoms with Gasteiger partial charge in [-0.25, -0.2) is 4.98 Å². The summed E-state index contributed by atoms with van der Waals surface area (Å²) in [5.41, 5.74) is 0.670. The summed E-state index contributed by atoms with van der Waals surface area (Å²) in [4.78, 5) is 29.0. The summed E-state index contributed by atoms with van der Waals surface area (Å²) in [6.45, 7) is 0. The second kappa shape index (κ2) is 8.16. The number of amides is 1. The van der Waals surface area contributed by atoms with Crippen molar-refractivity contribution in [3.63, 3.8) is 0 Å². The lowest BCUT2D eigenvalue weighted by atomic mass is 9.97. The van der Waals surface area contributed by atoms with Crippen molar-refractivity contribution >= 4 is 39.2 Å². The van der Waals surface area contributed by atoms with Gasteiger partial charge in [-0.05, 0) is 24.3 Å². The summed E-state index contributed by atoms with van der Waals surface area (Å²) in [7, 11) is 1.71. The molecule has 3 rings (SSSR count). The standard InChI is InChI=1S/C17H23N3O2S2/c1-20-16(22)15-13(9-10-23-15)19-17(20)24-11-14(21)18-12-7-5-3-2-4-6-8-12/h9-10,12H,2-8,11H2,1H3,(H,18,21). The van der Waals surface area contributed by atoms with E-state index >= 15 is 0 Å². The van der Waals surface area contributed by atoms with E-state index in [1.807, 2.05) is 11.4 Å². The highest BCUT2D eigenvalue weighted by atomic mass is 32.2. The molecule has 5 nitrogen and oxygen atoms in total. The van der Waals surface area contributed by atoms with E-state index < -0.39 is 0 Å². The van der Waals surface area contributed by atoms with E-state index in [1.165, 1.54) is 59.8 Å². The van der Waals surface area contributed by atoms with Crippen LogP contribution in [-0.4, -0.2) is 27.3 Å². The third kappa shape index (κ3) is 4.19. The Hall–Kier alpha value is -1.34. The highest BCUT2D eigenvalue weighted by Gasteiger charge is 2.16. The molecule has 0 atom stereocenters. The Morgan fingerprint density at radius 2 is 2.04 bits per heavy atom. The Kier molecular flexibility index (Phi) is 5.94. The van der Waals surface area contributed by atoms with Gasteiger partial charge >= 0.3 is 0 Å². The lowest BCUT2D eigenvalue weighted by Gasteiger charge is -2.21. The van der Waals surface area contributed by atoms with Gasteiger partial charge in [-0.2, -0.15) is 0 Å². The maximum Gasteiger partial charge on any atom is 0.271 e. The van der Waals surface area contributed by atoms with Crippen LogP contribution in [0.2, 0.25) is 0 Å². The fourth-order valence-electron chi connectivity index (χ4n) is 3.10. The topological polar surface area (TPSA) is 64.0 Å². The number of hydrogen-bond donors (Lipinski definition) is 1. The van der Waals surface area contributed by atoms with E-state index in [0.29, 0.717) is 27.2 Å². The molecule has 0 aliphatic heterocycles. The van der Waals surface area contributed by atoms with E-state index in [0.717, 1.165) is 12.8 Å². The van der Waals surface area contributed by atoms with Crippen molar-refractivity contribution in [2.45, 2.75) is 56.1 Å². The smallest absolute Gasteiger partial charge is 0.271 e. The highest BCUT2D eigenvalue weighted by Crippen LogP contribution is 2.21. The first-order valence-electron chi connectivity index (χ1n) is 8.51. The lowest BCUT2D eigenvalue weighted by Crippen LogP contribution is -2.36. The number of hydrogen-bond acceptors (Lipinski definition) is 5. The number of nitrogens with zero attached hydrogens (tertiary/aromatic N) is 2. The number of carbonyl (C=O) groups excluding carboxylic acids is 1. The molecular weight excluding hydrogens is 342 g/mol. The van der Waals surface area contributed by atoms with E-state index in [4.69, 9.17) is 0 Å². The molecule has 1 amide bonds. The van der Waals surface area contributed by atoms with Crippen molar-refractivity contribution in [2.24, 2.45) is 7.05 Å². The minimum absolute atomic E-state index is 0.0326. The fourth-order valence-corrected chi connectivity index (χ4v) is 4.69. The number of fused-ring (bicyclic) bond motifs is 1. The van der Waals surface area contributed by atoms with E-state index in [2.05, 4.69) is 10.3 Å². The zero-order valence-corrected chi connectivity index (χ0v) is 15.5. The van der Waals surface area contributed by atoms with Gasteiger partial charge in [-0.1, -0.05) is 43.9 Å². The van der Waals surface area contributed by atoms with Gasteiger partial charge in [0.1, 0.15) is 4.70 Å². The van der Waals surface area contributed by atoms with Crippen molar-refractivity contribution in [3.05, 3.63) is 21.8 Å². The predicted octanol–water partition coefficient (Wildman–Crippen LogP) is 3.32. The van der Waals surface area contributed by atoms with E-state index in [9.17, 15) is 9.59 Å². The van der Waals surface area contributed by atoms with Crippen LogP contribution in [0.3, 0.4) is 0 Å². The summed E-state index contributed by atoms with van der Waals surface area (Å²) in [5.74, 6) is 0.331. The molecule has 130 valence electrons. The van der Waals surface area contributed by atoms with Gasteiger partial charge in [0, 0.05) is 13.1 Å². The first-order chi connectivity index (χ1) is 11.6. The van der Waals surface area contributed by atoms with Gasteiger partial charge in [-0.3, -0.25) is 14.2 Å². The van der Waals surface area contributed by atoms with Gasteiger partial charge < -0.3 is 5.32 Å². The first-order valence-corrected chi connectivity index (χ1v) is 10.4. The average molecular weight is 366 g/mol. The zero-order valence-electron chi connectivity index (χ0n) is 13.9.